The fraction of sp³-hybridized carbons (Fsp3) is 0.250. The van der Waals surface area contributed by atoms with Crippen LogP contribution in [0, 0.1) is 0 Å². The van der Waals surface area contributed by atoms with Crippen LogP contribution in [0.5, 0.6) is 11.5 Å². The number of benzene rings is 2. The van der Waals surface area contributed by atoms with Crippen molar-refractivity contribution in [1.29, 1.82) is 0 Å². The van der Waals surface area contributed by atoms with Crippen LogP contribution >= 0.6 is 23.4 Å². The van der Waals surface area contributed by atoms with Crippen LogP contribution in [0.1, 0.15) is 12.5 Å². The topological polar surface area (TPSA) is 52.6 Å². The number of carbonyl (C=O) groups excluding carboxylic acids is 2. The van der Waals surface area contributed by atoms with Crippen molar-refractivity contribution >= 4 is 29.5 Å². The summed E-state index contributed by atoms with van der Waals surface area (Å²) in [6.45, 7) is 6.61. The van der Waals surface area contributed by atoms with Crippen LogP contribution in [0.3, 0.4) is 0 Å². The van der Waals surface area contributed by atoms with Gasteiger partial charge in [0.05, 0.1) is 17.2 Å². The van der Waals surface area contributed by atoms with Gasteiger partial charge in [-0.05, 0) is 55.0 Å². The molecule has 0 bridgehead atoms. The standard InChI is InChI=1S/C19H18ClF3O2S.CO2/c1-3-24-16-8-9-18(17(20)10-16)26-12-13(2)11-25-15-6-4-14(5-7-15)19(21,22)23;2-1-3/h4-10H,2-3,11-12H2,1H3;. The molecule has 4 nitrogen and oxygen atoms in total. The highest BCUT2D eigenvalue weighted by Gasteiger charge is 2.30. The highest BCUT2D eigenvalue weighted by molar-refractivity contribution is 7.99. The average Bonchev–Trinajstić information content (AvgIpc) is 2.66. The van der Waals surface area contributed by atoms with Crippen LogP contribution in [0.2, 0.25) is 5.02 Å². The molecule has 0 saturated heterocycles. The van der Waals surface area contributed by atoms with E-state index in [1.54, 1.807) is 6.07 Å². The van der Waals surface area contributed by atoms with E-state index in [-0.39, 0.29) is 12.8 Å². The molecule has 0 unspecified atom stereocenters. The lowest BCUT2D eigenvalue weighted by Gasteiger charge is -2.11. The monoisotopic (exact) mass is 446 g/mol. The smallest absolute Gasteiger partial charge is 0.416 e. The zero-order valence-corrected chi connectivity index (χ0v) is 17.0. The van der Waals surface area contributed by atoms with Crippen LogP contribution in [0.15, 0.2) is 59.5 Å². The number of halogens is 4. The largest absolute Gasteiger partial charge is 0.494 e. The number of rotatable bonds is 8. The molecule has 0 N–H and O–H groups in total. The summed E-state index contributed by atoms with van der Waals surface area (Å²) in [6, 6.07) is 10.1. The molecule has 0 fully saturated rings. The minimum atomic E-state index is -4.35. The predicted octanol–water partition coefficient (Wildman–Crippen LogP) is 5.90. The summed E-state index contributed by atoms with van der Waals surface area (Å²) < 4.78 is 48.4. The Labute approximate surface area is 175 Å². The molecule has 0 spiro atoms. The Morgan fingerprint density at radius 3 is 2.21 bits per heavy atom. The first kappa shape index (κ1) is 24.6. The number of hydrogen-bond donors (Lipinski definition) is 0. The molecule has 156 valence electrons. The second-order valence-electron chi connectivity index (χ2n) is 5.46. The number of ether oxygens (including phenoxy) is 2. The molecule has 0 heterocycles. The van der Waals surface area contributed by atoms with Crippen LogP contribution < -0.4 is 9.47 Å². The molecular weight excluding hydrogens is 429 g/mol. The van der Waals surface area contributed by atoms with Crippen molar-refractivity contribution in [3.05, 3.63) is 65.2 Å². The molecule has 0 atom stereocenters. The van der Waals surface area contributed by atoms with Gasteiger partial charge in [0.15, 0.2) is 0 Å². The molecule has 0 saturated carbocycles. The van der Waals surface area contributed by atoms with Crippen LogP contribution in [0.25, 0.3) is 0 Å². The molecule has 2 aromatic carbocycles. The molecule has 0 aliphatic rings. The van der Waals surface area contributed by atoms with Gasteiger partial charge in [-0.15, -0.1) is 11.8 Å². The lowest BCUT2D eigenvalue weighted by atomic mass is 10.2. The Kier molecular flexibility index (Phi) is 10.4. The third-order valence-electron chi connectivity index (χ3n) is 3.27. The molecule has 9 heteroatoms. The first-order valence-corrected chi connectivity index (χ1v) is 9.58. The van der Waals surface area contributed by atoms with Gasteiger partial charge in [-0.1, -0.05) is 18.2 Å². The minimum Gasteiger partial charge on any atom is -0.494 e. The van der Waals surface area contributed by atoms with Crippen molar-refractivity contribution in [2.24, 2.45) is 0 Å². The Bertz CT molecular complexity index is 833. The molecule has 0 aliphatic heterocycles. The van der Waals surface area contributed by atoms with Crippen molar-refractivity contribution in [1.82, 2.24) is 0 Å². The first-order valence-electron chi connectivity index (χ1n) is 8.22. The van der Waals surface area contributed by atoms with E-state index in [4.69, 9.17) is 30.7 Å². The van der Waals surface area contributed by atoms with Gasteiger partial charge in [0.1, 0.15) is 18.1 Å². The highest BCUT2D eigenvalue weighted by atomic mass is 35.5. The summed E-state index contributed by atoms with van der Waals surface area (Å²) in [5.74, 6) is 1.66. The van der Waals surface area contributed by atoms with E-state index in [1.165, 1.54) is 23.9 Å². The maximum absolute atomic E-state index is 12.5. The van der Waals surface area contributed by atoms with Gasteiger partial charge in [0.2, 0.25) is 0 Å². The van der Waals surface area contributed by atoms with Crippen molar-refractivity contribution in [2.75, 3.05) is 19.0 Å². The second kappa shape index (κ2) is 12.2. The third-order valence-corrected chi connectivity index (χ3v) is 4.92. The van der Waals surface area contributed by atoms with Crippen LogP contribution in [0.4, 0.5) is 13.2 Å². The van der Waals surface area contributed by atoms with Crippen molar-refractivity contribution in [2.45, 2.75) is 18.0 Å². The molecule has 29 heavy (non-hydrogen) atoms. The molecular formula is C20H18ClF3O4S. The number of alkyl halides is 3. The summed E-state index contributed by atoms with van der Waals surface area (Å²) in [6.07, 6.45) is -4.10. The lowest BCUT2D eigenvalue weighted by Crippen LogP contribution is -2.05. The van der Waals surface area contributed by atoms with E-state index in [2.05, 4.69) is 6.58 Å². The zero-order valence-electron chi connectivity index (χ0n) is 15.4. The molecule has 0 aliphatic carbocycles. The third kappa shape index (κ3) is 9.09. The zero-order chi connectivity index (χ0) is 21.9. The SMILES string of the molecule is C=C(COc1ccc(C(F)(F)F)cc1)CSc1ccc(OCC)cc1Cl.O=C=O. The lowest BCUT2D eigenvalue weighted by molar-refractivity contribution is -0.191. The Morgan fingerprint density at radius 1 is 1.10 bits per heavy atom. The summed E-state index contributed by atoms with van der Waals surface area (Å²) >= 11 is 7.73. The Hall–Kier alpha value is -2.41. The summed E-state index contributed by atoms with van der Waals surface area (Å²) in [4.78, 5) is 17.1. The van der Waals surface area contributed by atoms with Crippen molar-refractivity contribution < 1.29 is 32.2 Å². The van der Waals surface area contributed by atoms with Gasteiger partial charge in [-0.3, -0.25) is 0 Å². The fourth-order valence-electron chi connectivity index (χ4n) is 2.00. The van der Waals surface area contributed by atoms with E-state index in [0.717, 1.165) is 22.6 Å². The first-order chi connectivity index (χ1) is 13.7. The van der Waals surface area contributed by atoms with Gasteiger partial charge < -0.3 is 9.47 Å². The fourth-order valence-corrected chi connectivity index (χ4v) is 3.14. The maximum atomic E-state index is 12.5. The second-order valence-corrected chi connectivity index (χ2v) is 6.88. The van der Waals surface area contributed by atoms with E-state index in [9.17, 15) is 13.2 Å². The average molecular weight is 447 g/mol. The van der Waals surface area contributed by atoms with Gasteiger partial charge >= 0.3 is 12.3 Å². The highest BCUT2D eigenvalue weighted by Crippen LogP contribution is 2.32. The quantitative estimate of drug-likeness (QED) is 0.373. The van der Waals surface area contributed by atoms with Gasteiger partial charge in [0.25, 0.3) is 0 Å². The summed E-state index contributed by atoms with van der Waals surface area (Å²) in [5, 5.41) is 0.595. The van der Waals surface area contributed by atoms with E-state index in [0.29, 0.717) is 28.9 Å². The van der Waals surface area contributed by atoms with Gasteiger partial charge in [-0.25, -0.2) is 0 Å². The Morgan fingerprint density at radius 2 is 1.69 bits per heavy atom. The maximum Gasteiger partial charge on any atom is 0.416 e. The van der Waals surface area contributed by atoms with Crippen molar-refractivity contribution in [3.63, 3.8) is 0 Å². The van der Waals surface area contributed by atoms with Crippen LogP contribution in [-0.4, -0.2) is 25.1 Å². The molecule has 0 amide bonds. The molecule has 2 aromatic rings. The molecule has 0 aromatic heterocycles. The Balaban J connectivity index is 0.00000132. The minimum absolute atomic E-state index is 0.215. The summed E-state index contributed by atoms with van der Waals surface area (Å²) in [5.41, 5.74) is 0.0872. The molecule has 0 radical (unpaired) electrons. The number of hydrogen-bond acceptors (Lipinski definition) is 5. The molecule has 2 rings (SSSR count). The van der Waals surface area contributed by atoms with E-state index >= 15 is 0 Å². The van der Waals surface area contributed by atoms with E-state index < -0.39 is 11.7 Å². The van der Waals surface area contributed by atoms with Gasteiger partial charge in [0, 0.05) is 10.6 Å². The van der Waals surface area contributed by atoms with E-state index in [1.807, 2.05) is 19.1 Å². The van der Waals surface area contributed by atoms with Crippen LogP contribution in [-0.2, 0) is 15.8 Å². The predicted molar refractivity (Wildman–Crippen MR) is 104 cm³/mol. The van der Waals surface area contributed by atoms with Gasteiger partial charge in [-0.2, -0.15) is 22.8 Å². The van der Waals surface area contributed by atoms with Crippen molar-refractivity contribution in [3.8, 4) is 11.5 Å². The number of thioether (sulfide) groups is 1. The summed E-state index contributed by atoms with van der Waals surface area (Å²) in [7, 11) is 0. The normalized spacial score (nSPS) is 10.4.